The molecule has 1 aliphatic carbocycles. The van der Waals surface area contributed by atoms with Crippen molar-refractivity contribution >= 4 is 33.7 Å². The molecule has 15 heteroatoms. The van der Waals surface area contributed by atoms with Gasteiger partial charge in [-0.25, -0.2) is 4.79 Å². The maximum absolute atomic E-state index is 14.0. The Hall–Kier alpha value is -4.37. The van der Waals surface area contributed by atoms with Crippen molar-refractivity contribution in [2.75, 3.05) is 71.0 Å². The van der Waals surface area contributed by atoms with Gasteiger partial charge in [0.1, 0.15) is 17.4 Å². The number of carbonyl (C=O) groups is 1. The van der Waals surface area contributed by atoms with Crippen LogP contribution in [0.25, 0.3) is 32.9 Å². The smallest absolute Gasteiger partial charge is 0.422 e. The monoisotopic (exact) mass is 723 g/mol. The van der Waals surface area contributed by atoms with Gasteiger partial charge in [0.2, 0.25) is 0 Å². The predicted molar refractivity (Wildman–Crippen MR) is 188 cm³/mol. The van der Waals surface area contributed by atoms with E-state index in [9.17, 15) is 23.1 Å². The van der Waals surface area contributed by atoms with Crippen molar-refractivity contribution in [1.29, 1.82) is 0 Å². The number of aromatic amines is 1. The summed E-state index contributed by atoms with van der Waals surface area (Å²) in [5, 5.41) is 18.2. The zero-order valence-corrected chi connectivity index (χ0v) is 29.5. The van der Waals surface area contributed by atoms with E-state index in [1.165, 1.54) is 4.90 Å². The molecule has 12 nitrogen and oxygen atoms in total. The van der Waals surface area contributed by atoms with Crippen LogP contribution in [0.4, 0.5) is 23.8 Å². The van der Waals surface area contributed by atoms with E-state index in [-0.39, 0.29) is 34.7 Å². The number of nitrogens with zero attached hydrogens (tertiary/aromatic N) is 6. The molecule has 0 bridgehead atoms. The van der Waals surface area contributed by atoms with Crippen LogP contribution >= 0.6 is 0 Å². The molecule has 0 unspecified atom stereocenters. The summed E-state index contributed by atoms with van der Waals surface area (Å²) in [6.45, 7) is 5.81. The molecule has 0 radical (unpaired) electrons. The van der Waals surface area contributed by atoms with Gasteiger partial charge < -0.3 is 34.0 Å². The van der Waals surface area contributed by atoms with Gasteiger partial charge in [0.05, 0.1) is 18.3 Å². The number of nitrogens with one attached hydrogen (secondary N) is 1. The van der Waals surface area contributed by atoms with Gasteiger partial charge in [0.25, 0.3) is 0 Å². The summed E-state index contributed by atoms with van der Waals surface area (Å²) in [5.74, 6) is 0.814. The van der Waals surface area contributed by atoms with Gasteiger partial charge in [-0.15, -0.1) is 0 Å². The Bertz CT molecular complexity index is 1960. The normalized spacial score (nSPS) is 19.8. The maximum atomic E-state index is 14.0. The molecule has 1 spiro atoms. The van der Waals surface area contributed by atoms with Gasteiger partial charge in [-0.05, 0) is 80.2 Å². The lowest BCUT2D eigenvalue weighted by Gasteiger charge is -2.53. The number of anilines is 1. The Labute approximate surface area is 299 Å². The molecule has 2 N–H and O–H groups in total. The third-order valence-corrected chi connectivity index (χ3v) is 11.3. The second-order valence-electron chi connectivity index (χ2n) is 14.9. The summed E-state index contributed by atoms with van der Waals surface area (Å²) in [6.07, 6.45) is 0.894. The Morgan fingerprint density at radius 1 is 1.04 bits per heavy atom. The summed E-state index contributed by atoms with van der Waals surface area (Å²) in [4.78, 5) is 27.4. The average molecular weight is 724 g/mol. The molecule has 278 valence electrons. The highest BCUT2D eigenvalue weighted by atomic mass is 19.4. The highest BCUT2D eigenvalue weighted by Crippen LogP contribution is 2.53. The SMILES string of the molecule is COCCN1CCC(Oc2nc(N3CCC4(CC3)CN(C(=O)O)C4)c3cc(C4CC4)c(-c4c(C)ccc5[nH]ncc45)c(OCC(F)(F)F)c3n2)CC1. The second kappa shape index (κ2) is 13.6. The molecule has 2 aromatic heterocycles. The van der Waals surface area contributed by atoms with Crippen LogP contribution in [-0.4, -0.2) is 120 Å². The molecule has 5 heterocycles. The van der Waals surface area contributed by atoms with E-state index in [1.807, 2.05) is 19.1 Å². The minimum absolute atomic E-state index is 0.0704. The van der Waals surface area contributed by atoms with Crippen LogP contribution in [0, 0.1) is 12.3 Å². The Kier molecular flexibility index (Phi) is 9.05. The van der Waals surface area contributed by atoms with E-state index >= 15 is 0 Å². The highest BCUT2D eigenvalue weighted by Gasteiger charge is 2.47. The Balaban J connectivity index is 1.26. The van der Waals surface area contributed by atoms with Crippen LogP contribution in [0.2, 0.25) is 0 Å². The average Bonchev–Trinajstić information content (AvgIpc) is 3.84. The molecule has 2 aromatic carbocycles. The molecule has 3 saturated heterocycles. The van der Waals surface area contributed by atoms with Crippen molar-refractivity contribution in [1.82, 2.24) is 30.0 Å². The number of alkyl halides is 3. The Morgan fingerprint density at radius 2 is 1.79 bits per heavy atom. The first kappa shape index (κ1) is 34.7. The first-order chi connectivity index (χ1) is 25.0. The van der Waals surface area contributed by atoms with Crippen molar-refractivity contribution in [3.63, 3.8) is 0 Å². The molecule has 4 aromatic rings. The summed E-state index contributed by atoms with van der Waals surface area (Å²) in [6, 6.07) is 6.04. The zero-order chi connectivity index (χ0) is 36.2. The number of aromatic nitrogens is 4. The third-order valence-electron chi connectivity index (χ3n) is 11.3. The number of aryl methyl sites for hydroxylation is 1. The number of fused-ring (bicyclic) bond motifs is 2. The molecule has 0 atom stereocenters. The molecular formula is C37H44F3N7O5. The number of benzene rings is 2. The van der Waals surface area contributed by atoms with Crippen molar-refractivity contribution in [3.05, 3.63) is 35.5 Å². The second-order valence-corrected chi connectivity index (χ2v) is 14.9. The van der Waals surface area contributed by atoms with Gasteiger partial charge in [0, 0.05) is 74.7 Å². The third kappa shape index (κ3) is 6.80. The van der Waals surface area contributed by atoms with Crippen LogP contribution in [0.3, 0.4) is 0 Å². The fraction of sp³-hybridized carbons (Fsp3) is 0.568. The number of rotatable bonds is 10. The summed E-state index contributed by atoms with van der Waals surface area (Å²) in [5.41, 5.74) is 4.14. The van der Waals surface area contributed by atoms with Crippen molar-refractivity contribution in [2.24, 2.45) is 5.41 Å². The summed E-state index contributed by atoms with van der Waals surface area (Å²) >= 11 is 0. The topological polar surface area (TPSA) is 129 Å². The number of hydrogen-bond acceptors (Lipinski definition) is 9. The number of carboxylic acid groups (broad SMARTS) is 1. The van der Waals surface area contributed by atoms with Crippen molar-refractivity contribution < 1.29 is 37.3 Å². The number of piperidine rings is 2. The number of ether oxygens (including phenoxy) is 3. The van der Waals surface area contributed by atoms with E-state index in [2.05, 4.69) is 26.1 Å². The molecule has 4 aliphatic rings. The van der Waals surface area contributed by atoms with Crippen LogP contribution in [0.1, 0.15) is 55.6 Å². The predicted octanol–water partition coefficient (Wildman–Crippen LogP) is 6.37. The van der Waals surface area contributed by atoms with E-state index < -0.39 is 18.9 Å². The van der Waals surface area contributed by atoms with Gasteiger partial charge in [-0.1, -0.05) is 6.07 Å². The Morgan fingerprint density at radius 3 is 2.46 bits per heavy atom. The lowest BCUT2D eigenvalue weighted by atomic mass is 9.72. The van der Waals surface area contributed by atoms with Crippen LogP contribution in [0.5, 0.6) is 11.8 Å². The first-order valence-electron chi connectivity index (χ1n) is 18.1. The molecule has 52 heavy (non-hydrogen) atoms. The highest BCUT2D eigenvalue weighted by molar-refractivity contribution is 6.06. The number of methoxy groups -OCH3 is 1. The number of likely N-dealkylation sites (tertiary alicyclic amines) is 2. The zero-order valence-electron chi connectivity index (χ0n) is 29.5. The van der Waals surface area contributed by atoms with Crippen LogP contribution in [0.15, 0.2) is 24.4 Å². The largest absolute Gasteiger partial charge is 0.481 e. The van der Waals surface area contributed by atoms with Gasteiger partial charge in [-0.3, -0.25) is 5.10 Å². The minimum Gasteiger partial charge on any atom is -0.481 e. The minimum atomic E-state index is -4.59. The molecule has 4 fully saturated rings. The molecule has 3 aliphatic heterocycles. The molecule has 1 amide bonds. The molecule has 1 saturated carbocycles. The van der Waals surface area contributed by atoms with E-state index in [0.717, 1.165) is 85.8 Å². The fourth-order valence-electron chi connectivity index (χ4n) is 8.27. The number of hydrogen-bond donors (Lipinski definition) is 2. The molecule has 8 rings (SSSR count). The quantitative estimate of drug-likeness (QED) is 0.191. The van der Waals surface area contributed by atoms with E-state index in [4.69, 9.17) is 24.2 Å². The van der Waals surface area contributed by atoms with Gasteiger partial charge in [-0.2, -0.15) is 28.2 Å². The number of halogens is 3. The molecular weight excluding hydrogens is 679 g/mol. The fourth-order valence-corrected chi connectivity index (χ4v) is 8.27. The number of amides is 1. The standard InChI is InChI=1S/C37H44F3N7O5/c1-22-3-6-28-27(18-41-44-28)29(22)30-25(23-4-5-23)17-26-31(32(30)51-21-37(38,39)40)42-34(52-24-7-11-45(12-8-24)15-16-50-2)43-33(26)46-13-9-36(10-14-46)19-47(20-36)35(48)49/h3,6,17-18,23-24H,4-5,7-16,19-21H2,1-2H3,(H,41,44)(H,48,49). The lowest BCUT2D eigenvalue weighted by Crippen LogP contribution is -2.61. The maximum Gasteiger partial charge on any atom is 0.422 e. The number of H-pyrrole nitrogens is 1. The summed E-state index contributed by atoms with van der Waals surface area (Å²) in [7, 11) is 1.69. The van der Waals surface area contributed by atoms with Gasteiger partial charge >= 0.3 is 18.3 Å². The van der Waals surface area contributed by atoms with Crippen molar-refractivity contribution in [3.8, 4) is 22.9 Å². The summed E-state index contributed by atoms with van der Waals surface area (Å²) < 4.78 is 59.7. The lowest BCUT2D eigenvalue weighted by molar-refractivity contribution is -0.153. The van der Waals surface area contributed by atoms with Crippen LogP contribution in [-0.2, 0) is 4.74 Å². The van der Waals surface area contributed by atoms with Crippen LogP contribution < -0.4 is 14.4 Å². The van der Waals surface area contributed by atoms with E-state index in [0.29, 0.717) is 49.6 Å². The van der Waals surface area contributed by atoms with Crippen molar-refractivity contribution in [2.45, 2.75) is 63.6 Å². The van der Waals surface area contributed by atoms with Gasteiger partial charge in [0.15, 0.2) is 12.4 Å². The van der Waals surface area contributed by atoms with E-state index in [1.54, 1.807) is 13.3 Å². The first-order valence-corrected chi connectivity index (χ1v) is 18.1.